The van der Waals surface area contributed by atoms with Gasteiger partial charge < -0.3 is 0 Å². The highest BCUT2D eigenvalue weighted by Crippen LogP contribution is 2.29. The molecule has 2 rings (SSSR count). The van der Waals surface area contributed by atoms with Crippen LogP contribution in [-0.2, 0) is 24.7 Å². The van der Waals surface area contributed by atoms with Crippen molar-refractivity contribution in [3.8, 4) is 0 Å². The third-order valence-corrected chi connectivity index (χ3v) is 4.78. The number of hydrogen-bond acceptors (Lipinski definition) is 3. The second-order valence-corrected chi connectivity index (χ2v) is 6.99. The van der Waals surface area contributed by atoms with Crippen LogP contribution in [0.5, 0.6) is 0 Å². The van der Waals surface area contributed by atoms with Crippen molar-refractivity contribution in [3.63, 3.8) is 0 Å². The van der Waals surface area contributed by atoms with Crippen LogP contribution in [0.1, 0.15) is 47.5 Å². The average Bonchev–Trinajstić information content (AvgIpc) is 2.99. The van der Waals surface area contributed by atoms with Crippen LogP contribution in [0.25, 0.3) is 0 Å². The zero-order valence-corrected chi connectivity index (χ0v) is 17.0. The van der Waals surface area contributed by atoms with Crippen molar-refractivity contribution in [2.75, 3.05) is 7.11 Å². The molecule has 1 amide bonds. The average molecular weight is 420 g/mol. The number of carbonyl (C=O) groups is 1. The maximum Gasteiger partial charge on any atom is 0.282 e. The van der Waals surface area contributed by atoms with E-state index in [1.54, 1.807) is 13.0 Å². The van der Waals surface area contributed by atoms with Crippen LogP contribution in [0, 0.1) is 0 Å². The second kappa shape index (κ2) is 8.99. The van der Waals surface area contributed by atoms with Crippen molar-refractivity contribution >= 4 is 29.1 Å². The molecule has 1 aromatic carbocycles. The van der Waals surface area contributed by atoms with Gasteiger partial charge in [-0.3, -0.25) is 14.3 Å². The zero-order chi connectivity index (χ0) is 20.3. The smallest absolute Gasteiger partial charge is 0.275 e. The molecule has 9 heteroatoms. The van der Waals surface area contributed by atoms with Crippen LogP contribution in [0.15, 0.2) is 18.3 Å². The number of hydrogen-bond donors (Lipinski definition) is 0. The Labute approximate surface area is 166 Å². The molecule has 0 bridgehead atoms. The SMILES string of the molecule is CCc1cc(Cl)cc(Cl)c1CC(C)N(OC)C(=O)c1cn(C)nc1C(F)F. The standard InChI is InChI=1S/C18H21Cl2F2N3O2/c1-5-11-7-12(19)8-15(20)13(11)6-10(2)25(27-4)18(26)14-9-24(3)23-16(14)17(21)22/h7-10,17H,5-6H2,1-4H3. The Morgan fingerprint density at radius 1 is 1.37 bits per heavy atom. The van der Waals surface area contributed by atoms with Gasteiger partial charge in [0.15, 0.2) is 0 Å². The summed E-state index contributed by atoms with van der Waals surface area (Å²) >= 11 is 12.4. The number of halogens is 4. The molecule has 1 aromatic heterocycles. The van der Waals surface area contributed by atoms with Gasteiger partial charge in [-0.15, -0.1) is 0 Å². The van der Waals surface area contributed by atoms with Crippen molar-refractivity contribution in [1.29, 1.82) is 0 Å². The van der Waals surface area contributed by atoms with Gasteiger partial charge in [-0.1, -0.05) is 30.1 Å². The van der Waals surface area contributed by atoms with E-state index in [0.29, 0.717) is 22.9 Å². The quantitative estimate of drug-likeness (QED) is 0.601. The number of aromatic nitrogens is 2. The first-order valence-electron chi connectivity index (χ1n) is 8.35. The number of alkyl halides is 2. The summed E-state index contributed by atoms with van der Waals surface area (Å²) < 4.78 is 27.6. The minimum atomic E-state index is -2.86. The van der Waals surface area contributed by atoms with Crippen LogP contribution < -0.4 is 0 Å². The molecule has 27 heavy (non-hydrogen) atoms. The van der Waals surface area contributed by atoms with Gasteiger partial charge in [0, 0.05) is 23.3 Å². The molecule has 0 aliphatic carbocycles. The van der Waals surface area contributed by atoms with Gasteiger partial charge >= 0.3 is 0 Å². The number of carbonyl (C=O) groups excluding carboxylic acids is 1. The Balaban J connectivity index is 2.32. The number of aryl methyl sites for hydroxylation is 2. The molecule has 0 saturated carbocycles. The molecule has 0 N–H and O–H groups in total. The van der Waals surface area contributed by atoms with Crippen molar-refractivity contribution in [2.45, 2.75) is 39.2 Å². The fourth-order valence-corrected chi connectivity index (χ4v) is 3.61. The molecule has 5 nitrogen and oxygen atoms in total. The molecule has 0 spiro atoms. The van der Waals surface area contributed by atoms with E-state index >= 15 is 0 Å². The predicted octanol–water partition coefficient (Wildman–Crippen LogP) is 4.86. The minimum Gasteiger partial charge on any atom is -0.275 e. The first-order valence-corrected chi connectivity index (χ1v) is 9.11. The summed E-state index contributed by atoms with van der Waals surface area (Å²) in [5, 5.41) is 5.76. The number of hydroxylamine groups is 2. The lowest BCUT2D eigenvalue weighted by Crippen LogP contribution is -2.39. The maximum atomic E-state index is 13.2. The monoisotopic (exact) mass is 419 g/mol. The molecule has 2 aromatic rings. The first-order chi connectivity index (χ1) is 12.7. The molecular weight excluding hydrogens is 399 g/mol. The van der Waals surface area contributed by atoms with Crippen LogP contribution in [0.3, 0.4) is 0 Å². The van der Waals surface area contributed by atoms with Gasteiger partial charge in [-0.2, -0.15) is 5.10 Å². The van der Waals surface area contributed by atoms with E-state index in [1.165, 1.54) is 25.0 Å². The number of nitrogens with zero attached hydrogens (tertiary/aromatic N) is 3. The Hall–Kier alpha value is -1.70. The van der Waals surface area contributed by atoms with E-state index in [9.17, 15) is 13.6 Å². The summed E-state index contributed by atoms with van der Waals surface area (Å²) in [6.45, 7) is 3.73. The summed E-state index contributed by atoms with van der Waals surface area (Å²) in [7, 11) is 2.79. The molecule has 1 atom stereocenters. The molecule has 0 aliphatic heterocycles. The van der Waals surface area contributed by atoms with E-state index in [0.717, 1.165) is 16.2 Å². The van der Waals surface area contributed by atoms with E-state index in [-0.39, 0.29) is 5.56 Å². The molecule has 0 fully saturated rings. The van der Waals surface area contributed by atoms with Gasteiger partial charge in [0.25, 0.3) is 12.3 Å². The highest BCUT2D eigenvalue weighted by atomic mass is 35.5. The van der Waals surface area contributed by atoms with Crippen molar-refractivity contribution < 1.29 is 18.4 Å². The van der Waals surface area contributed by atoms with Crippen LogP contribution in [0.2, 0.25) is 10.0 Å². The normalized spacial score (nSPS) is 12.5. The molecule has 148 valence electrons. The van der Waals surface area contributed by atoms with Crippen molar-refractivity contribution in [1.82, 2.24) is 14.8 Å². The fraction of sp³-hybridized carbons (Fsp3) is 0.444. The Kier molecular flexibility index (Phi) is 7.19. The topological polar surface area (TPSA) is 47.4 Å². The predicted molar refractivity (Wildman–Crippen MR) is 100 cm³/mol. The molecule has 0 saturated heterocycles. The zero-order valence-electron chi connectivity index (χ0n) is 15.5. The van der Waals surface area contributed by atoms with Gasteiger partial charge in [0.05, 0.1) is 18.7 Å². The number of rotatable bonds is 7. The lowest BCUT2D eigenvalue weighted by atomic mass is 9.98. The largest absolute Gasteiger partial charge is 0.282 e. The molecule has 1 unspecified atom stereocenters. The van der Waals surface area contributed by atoms with Crippen LogP contribution in [0.4, 0.5) is 8.78 Å². The Morgan fingerprint density at radius 3 is 2.59 bits per heavy atom. The van der Waals surface area contributed by atoms with Crippen molar-refractivity contribution in [2.24, 2.45) is 7.05 Å². The van der Waals surface area contributed by atoms with Crippen molar-refractivity contribution in [3.05, 3.63) is 50.8 Å². The summed E-state index contributed by atoms with van der Waals surface area (Å²) in [6, 6.07) is 3.00. The fourth-order valence-electron chi connectivity index (χ4n) is 2.99. The van der Waals surface area contributed by atoms with Gasteiger partial charge in [0.1, 0.15) is 5.69 Å². The second-order valence-electron chi connectivity index (χ2n) is 6.15. The highest BCUT2D eigenvalue weighted by molar-refractivity contribution is 6.35. The number of benzene rings is 1. The Morgan fingerprint density at radius 2 is 2.04 bits per heavy atom. The summed E-state index contributed by atoms with van der Waals surface area (Å²) in [4.78, 5) is 18.0. The van der Waals surface area contributed by atoms with Gasteiger partial charge in [0.2, 0.25) is 0 Å². The maximum absolute atomic E-state index is 13.2. The number of amides is 1. The summed E-state index contributed by atoms with van der Waals surface area (Å²) in [5.41, 5.74) is 1.03. The molecular formula is C18H21Cl2F2N3O2. The van der Waals surface area contributed by atoms with Gasteiger partial charge in [-0.05, 0) is 43.0 Å². The van der Waals surface area contributed by atoms with E-state index in [1.807, 2.05) is 13.0 Å². The first kappa shape index (κ1) is 21.6. The minimum absolute atomic E-state index is 0.195. The van der Waals surface area contributed by atoms with Gasteiger partial charge in [-0.25, -0.2) is 13.8 Å². The molecule has 0 aliphatic rings. The molecule has 0 radical (unpaired) electrons. The van der Waals surface area contributed by atoms with Crippen LogP contribution in [-0.4, -0.2) is 33.9 Å². The summed E-state index contributed by atoms with van der Waals surface area (Å²) in [6.07, 6.45) is -0.517. The highest BCUT2D eigenvalue weighted by Gasteiger charge is 2.30. The Bertz CT molecular complexity index is 827. The summed E-state index contributed by atoms with van der Waals surface area (Å²) in [5.74, 6) is -0.684. The lowest BCUT2D eigenvalue weighted by Gasteiger charge is -2.27. The van der Waals surface area contributed by atoms with E-state index < -0.39 is 24.1 Å². The lowest BCUT2D eigenvalue weighted by molar-refractivity contribution is -0.119. The van der Waals surface area contributed by atoms with E-state index in [4.69, 9.17) is 28.0 Å². The third kappa shape index (κ3) is 4.78. The van der Waals surface area contributed by atoms with Crippen LogP contribution >= 0.6 is 23.2 Å². The molecule has 1 heterocycles. The third-order valence-electron chi connectivity index (χ3n) is 4.22. The van der Waals surface area contributed by atoms with E-state index in [2.05, 4.69) is 5.10 Å².